The number of carbonyl (C=O) groups excluding carboxylic acids is 2. The number of hydrogen-bond donors (Lipinski definition) is 4. The lowest BCUT2D eigenvalue weighted by molar-refractivity contribution is -0.121. The van der Waals surface area contributed by atoms with Gasteiger partial charge in [-0.1, -0.05) is 12.1 Å². The maximum atomic E-state index is 11.8. The van der Waals surface area contributed by atoms with Gasteiger partial charge in [0.05, 0.1) is 6.42 Å². The second-order valence-corrected chi connectivity index (χ2v) is 5.23. The molecule has 0 saturated heterocycles. The van der Waals surface area contributed by atoms with E-state index in [2.05, 4.69) is 0 Å². The first-order chi connectivity index (χ1) is 11.9. The first-order valence-electron chi connectivity index (χ1n) is 7.31. The van der Waals surface area contributed by atoms with Crippen molar-refractivity contribution in [3.8, 4) is 23.0 Å². The van der Waals surface area contributed by atoms with Crippen molar-refractivity contribution >= 4 is 23.7 Å². The highest BCUT2D eigenvalue weighted by molar-refractivity contribution is 6.11. The van der Waals surface area contributed by atoms with Gasteiger partial charge in [-0.2, -0.15) is 0 Å². The molecule has 0 aliphatic rings. The number of carbonyl (C=O) groups is 2. The highest BCUT2D eigenvalue weighted by atomic mass is 16.3. The fourth-order valence-corrected chi connectivity index (χ4v) is 2.01. The molecule has 0 saturated carbocycles. The summed E-state index contributed by atoms with van der Waals surface area (Å²) in [6.45, 7) is 0. The Labute approximate surface area is 143 Å². The Morgan fingerprint density at radius 2 is 1.44 bits per heavy atom. The highest BCUT2D eigenvalue weighted by Gasteiger charge is 2.07. The van der Waals surface area contributed by atoms with Crippen LogP contribution in [-0.4, -0.2) is 32.0 Å². The number of hydrogen-bond acceptors (Lipinski definition) is 6. The molecule has 128 valence electrons. The van der Waals surface area contributed by atoms with Gasteiger partial charge in [0.2, 0.25) is 0 Å². The molecule has 0 aliphatic heterocycles. The Morgan fingerprint density at radius 3 is 2.12 bits per heavy atom. The molecule has 0 aromatic heterocycles. The molecule has 0 fully saturated rings. The number of ketones is 2. The smallest absolute Gasteiger partial charge is 0.164 e. The zero-order valence-electron chi connectivity index (χ0n) is 13.1. The van der Waals surface area contributed by atoms with Crippen molar-refractivity contribution in [2.75, 3.05) is 0 Å². The zero-order chi connectivity index (χ0) is 18.4. The Kier molecular flexibility index (Phi) is 5.58. The van der Waals surface area contributed by atoms with Crippen LogP contribution in [0.2, 0.25) is 0 Å². The van der Waals surface area contributed by atoms with E-state index >= 15 is 0 Å². The van der Waals surface area contributed by atoms with Gasteiger partial charge in [-0.05, 0) is 48.6 Å². The van der Waals surface area contributed by atoms with E-state index < -0.39 is 18.0 Å². The molecule has 0 spiro atoms. The minimum absolute atomic E-state index is 0.0603. The van der Waals surface area contributed by atoms with E-state index in [1.807, 2.05) is 0 Å². The molecule has 25 heavy (non-hydrogen) atoms. The van der Waals surface area contributed by atoms with Gasteiger partial charge in [0.15, 0.2) is 23.1 Å². The van der Waals surface area contributed by atoms with Gasteiger partial charge < -0.3 is 20.4 Å². The largest absolute Gasteiger partial charge is 0.508 e. The molecular formula is C19H16O6. The summed E-state index contributed by atoms with van der Waals surface area (Å²) in [5, 5.41) is 37.9. The summed E-state index contributed by atoms with van der Waals surface area (Å²) >= 11 is 0. The zero-order valence-corrected chi connectivity index (χ0v) is 13.1. The molecule has 0 bridgehead atoms. The van der Waals surface area contributed by atoms with Crippen LogP contribution in [0.15, 0.2) is 48.6 Å². The maximum Gasteiger partial charge on any atom is 0.164 e. The molecule has 0 unspecified atom stereocenters. The average molecular weight is 340 g/mol. The van der Waals surface area contributed by atoms with Crippen LogP contribution in [0.1, 0.15) is 17.5 Å². The molecule has 6 nitrogen and oxygen atoms in total. The van der Waals surface area contributed by atoms with Crippen LogP contribution in [0.25, 0.3) is 12.2 Å². The van der Waals surface area contributed by atoms with Crippen LogP contribution in [0, 0.1) is 0 Å². The number of para-hydroxylation sites is 1. The summed E-state index contributed by atoms with van der Waals surface area (Å²) in [6.07, 6.45) is 4.47. The molecule has 4 N–H and O–H groups in total. The fourth-order valence-electron chi connectivity index (χ4n) is 2.01. The molecule has 0 aliphatic carbocycles. The Morgan fingerprint density at radius 1 is 0.800 bits per heavy atom. The summed E-state index contributed by atoms with van der Waals surface area (Å²) in [5.41, 5.74) is 0.502. The predicted octanol–water partition coefficient (Wildman–Crippen LogP) is 2.76. The second-order valence-electron chi connectivity index (χ2n) is 5.23. The van der Waals surface area contributed by atoms with Crippen molar-refractivity contribution in [3.05, 3.63) is 59.7 Å². The van der Waals surface area contributed by atoms with Gasteiger partial charge in [0, 0.05) is 11.1 Å². The van der Waals surface area contributed by atoms with Gasteiger partial charge in [-0.25, -0.2) is 0 Å². The van der Waals surface area contributed by atoms with E-state index in [-0.39, 0.29) is 34.1 Å². The third kappa shape index (κ3) is 4.97. The molecular weight excluding hydrogens is 324 g/mol. The normalized spacial score (nSPS) is 11.2. The predicted molar refractivity (Wildman–Crippen MR) is 92.2 cm³/mol. The summed E-state index contributed by atoms with van der Waals surface area (Å²) in [5.74, 6) is -1.80. The van der Waals surface area contributed by atoms with E-state index in [4.69, 9.17) is 0 Å². The standard InChI is InChI=1S/C19H16O6/c20-14-8-9-17(23)13(10-14)5-7-16(22)11-15(21)6-4-12-2-1-3-18(24)19(12)25/h1-10,20,23-25H,11H2/b6-4+,7-5+. The first kappa shape index (κ1) is 17.8. The third-order valence-electron chi connectivity index (χ3n) is 3.30. The number of rotatable bonds is 6. The monoisotopic (exact) mass is 340 g/mol. The van der Waals surface area contributed by atoms with Crippen molar-refractivity contribution in [1.82, 2.24) is 0 Å². The summed E-state index contributed by atoms with van der Waals surface area (Å²) in [7, 11) is 0. The molecule has 0 heterocycles. The van der Waals surface area contributed by atoms with Crippen LogP contribution < -0.4 is 0 Å². The Bertz CT molecular complexity index is 842. The van der Waals surface area contributed by atoms with E-state index in [0.29, 0.717) is 0 Å². The topological polar surface area (TPSA) is 115 Å². The Hall–Kier alpha value is -3.54. The lowest BCUT2D eigenvalue weighted by Gasteiger charge is -2.00. The van der Waals surface area contributed by atoms with Crippen LogP contribution in [0.5, 0.6) is 23.0 Å². The molecule has 0 atom stereocenters. The fraction of sp³-hybridized carbons (Fsp3) is 0.0526. The molecule has 0 amide bonds. The van der Waals surface area contributed by atoms with Crippen LogP contribution in [-0.2, 0) is 9.59 Å². The molecule has 6 heteroatoms. The van der Waals surface area contributed by atoms with Crippen LogP contribution >= 0.6 is 0 Å². The van der Waals surface area contributed by atoms with Crippen LogP contribution in [0.4, 0.5) is 0 Å². The van der Waals surface area contributed by atoms with Crippen molar-refractivity contribution in [3.63, 3.8) is 0 Å². The number of phenols is 4. The van der Waals surface area contributed by atoms with E-state index in [0.717, 1.165) is 12.2 Å². The minimum Gasteiger partial charge on any atom is -0.508 e. The minimum atomic E-state index is -0.488. The van der Waals surface area contributed by atoms with Gasteiger partial charge in [-0.15, -0.1) is 0 Å². The Balaban J connectivity index is 1.99. The van der Waals surface area contributed by atoms with E-state index in [1.54, 1.807) is 0 Å². The summed E-state index contributed by atoms with van der Waals surface area (Å²) in [6, 6.07) is 8.19. The quantitative estimate of drug-likeness (QED) is 0.278. The van der Waals surface area contributed by atoms with Crippen molar-refractivity contribution in [1.29, 1.82) is 0 Å². The van der Waals surface area contributed by atoms with Crippen molar-refractivity contribution in [2.45, 2.75) is 6.42 Å². The molecule has 2 aromatic carbocycles. The SMILES string of the molecule is O=C(/C=C/c1cc(O)ccc1O)CC(=O)/C=C/c1cccc(O)c1O. The third-order valence-corrected chi connectivity index (χ3v) is 3.30. The number of benzene rings is 2. The number of aromatic hydroxyl groups is 4. The van der Waals surface area contributed by atoms with Gasteiger partial charge >= 0.3 is 0 Å². The van der Waals surface area contributed by atoms with Gasteiger partial charge in [-0.3, -0.25) is 9.59 Å². The van der Waals surface area contributed by atoms with Crippen molar-refractivity contribution in [2.24, 2.45) is 0 Å². The lowest BCUT2D eigenvalue weighted by atomic mass is 10.1. The van der Waals surface area contributed by atoms with E-state index in [9.17, 15) is 30.0 Å². The highest BCUT2D eigenvalue weighted by Crippen LogP contribution is 2.29. The number of phenolic OH excluding ortho intramolecular Hbond substituents is 4. The number of allylic oxidation sites excluding steroid dienone is 2. The van der Waals surface area contributed by atoms with Gasteiger partial charge in [0.1, 0.15) is 11.5 Å². The summed E-state index contributed by atoms with van der Waals surface area (Å²) < 4.78 is 0. The molecule has 2 aromatic rings. The average Bonchev–Trinajstić information content (AvgIpc) is 2.57. The van der Waals surface area contributed by atoms with Gasteiger partial charge in [0.25, 0.3) is 0 Å². The second kappa shape index (κ2) is 7.83. The molecule has 0 radical (unpaired) electrons. The van der Waals surface area contributed by atoms with E-state index in [1.165, 1.54) is 48.6 Å². The van der Waals surface area contributed by atoms with Crippen molar-refractivity contribution < 1.29 is 30.0 Å². The summed E-state index contributed by atoms with van der Waals surface area (Å²) in [4.78, 5) is 23.6. The van der Waals surface area contributed by atoms with Crippen LogP contribution in [0.3, 0.4) is 0 Å². The lowest BCUT2D eigenvalue weighted by Crippen LogP contribution is -2.01. The first-order valence-corrected chi connectivity index (χ1v) is 7.31. The molecule has 2 rings (SSSR count). The maximum absolute atomic E-state index is 11.8.